The number of nitrogens with zero attached hydrogens (tertiary/aromatic N) is 1. The Kier molecular flexibility index (Phi) is 2.38. The van der Waals surface area contributed by atoms with Gasteiger partial charge in [0, 0.05) is 5.57 Å². The first-order valence-corrected chi connectivity index (χ1v) is 4.37. The van der Waals surface area contributed by atoms with E-state index >= 15 is 0 Å². The molecule has 0 bridgehead atoms. The van der Waals surface area contributed by atoms with Crippen molar-refractivity contribution < 1.29 is 0 Å². The minimum atomic E-state index is 0.388. The van der Waals surface area contributed by atoms with Gasteiger partial charge in [0.1, 0.15) is 0 Å². The van der Waals surface area contributed by atoms with Gasteiger partial charge < -0.3 is 0 Å². The summed E-state index contributed by atoms with van der Waals surface area (Å²) in [6, 6.07) is 2.30. The van der Waals surface area contributed by atoms with E-state index in [0.29, 0.717) is 11.8 Å². The summed E-state index contributed by atoms with van der Waals surface area (Å²) in [6.07, 6.45) is 2.25. The lowest BCUT2D eigenvalue weighted by molar-refractivity contribution is 0.525. The Bertz CT molecular complexity index is 289. The summed E-state index contributed by atoms with van der Waals surface area (Å²) in [6.45, 7) is 8.40. The van der Waals surface area contributed by atoms with Gasteiger partial charge in [-0.2, -0.15) is 5.26 Å². The van der Waals surface area contributed by atoms with Crippen LogP contribution in [0.5, 0.6) is 0 Å². The highest BCUT2D eigenvalue weighted by Crippen LogP contribution is 2.32. The van der Waals surface area contributed by atoms with Crippen molar-refractivity contribution in [1.29, 1.82) is 5.26 Å². The van der Waals surface area contributed by atoms with Gasteiger partial charge in [0.2, 0.25) is 0 Å². The summed E-state index contributed by atoms with van der Waals surface area (Å²) in [4.78, 5) is 0. The molecule has 0 amide bonds. The molecule has 0 saturated heterocycles. The molecule has 0 radical (unpaired) electrons. The van der Waals surface area contributed by atoms with Crippen molar-refractivity contribution in [3.8, 4) is 6.07 Å². The van der Waals surface area contributed by atoms with E-state index in [9.17, 15) is 0 Å². The molecule has 1 aliphatic rings. The maximum Gasteiger partial charge on any atom is 0.0953 e. The lowest BCUT2D eigenvalue weighted by atomic mass is 9.79. The number of hydrogen-bond donors (Lipinski definition) is 0. The molecule has 1 aliphatic carbocycles. The van der Waals surface area contributed by atoms with Crippen LogP contribution in [0.1, 0.15) is 27.7 Å². The Hall–Kier alpha value is -1.03. The lowest BCUT2D eigenvalue weighted by Gasteiger charge is -2.24. The van der Waals surface area contributed by atoms with Crippen molar-refractivity contribution in [3.63, 3.8) is 0 Å². The maximum atomic E-state index is 8.93. The second-order valence-corrected chi connectivity index (χ2v) is 3.65. The van der Waals surface area contributed by atoms with Crippen LogP contribution in [0.25, 0.3) is 0 Å². The molecule has 2 atom stereocenters. The summed E-state index contributed by atoms with van der Waals surface area (Å²) < 4.78 is 0. The van der Waals surface area contributed by atoms with Crippen LogP contribution in [0.2, 0.25) is 0 Å². The predicted molar refractivity (Wildman–Crippen MR) is 50.4 cm³/mol. The highest BCUT2D eigenvalue weighted by molar-refractivity contribution is 5.44. The van der Waals surface area contributed by atoms with Crippen LogP contribution in [0, 0.1) is 23.2 Å². The fraction of sp³-hybridized carbons (Fsp3) is 0.545. The molecule has 2 unspecified atom stereocenters. The molecule has 64 valence electrons. The van der Waals surface area contributed by atoms with E-state index in [1.165, 1.54) is 11.1 Å². The molecular weight excluding hydrogens is 146 g/mol. The molecule has 0 heterocycles. The topological polar surface area (TPSA) is 23.8 Å². The zero-order valence-corrected chi connectivity index (χ0v) is 8.18. The van der Waals surface area contributed by atoms with Gasteiger partial charge in [-0.25, -0.2) is 0 Å². The number of rotatable bonds is 0. The molecule has 0 aromatic heterocycles. The van der Waals surface area contributed by atoms with Gasteiger partial charge in [-0.05, 0) is 31.3 Å². The number of allylic oxidation sites excluding steroid dienone is 4. The molecule has 0 aliphatic heterocycles. The first-order chi connectivity index (χ1) is 5.57. The van der Waals surface area contributed by atoms with Gasteiger partial charge in [-0.1, -0.05) is 25.5 Å². The Morgan fingerprint density at radius 1 is 1.33 bits per heavy atom. The van der Waals surface area contributed by atoms with E-state index < -0.39 is 0 Å². The van der Waals surface area contributed by atoms with Crippen LogP contribution < -0.4 is 0 Å². The van der Waals surface area contributed by atoms with E-state index in [0.717, 1.165) is 5.57 Å². The molecule has 0 fully saturated rings. The summed E-state index contributed by atoms with van der Waals surface area (Å²) in [5.74, 6) is 0.891. The Labute approximate surface area is 74.4 Å². The van der Waals surface area contributed by atoms with Crippen LogP contribution in [0.3, 0.4) is 0 Å². The van der Waals surface area contributed by atoms with Crippen LogP contribution in [0.4, 0.5) is 0 Å². The largest absolute Gasteiger partial charge is 0.193 e. The van der Waals surface area contributed by atoms with E-state index in [2.05, 4.69) is 32.9 Å². The molecular formula is C11H15N. The smallest absolute Gasteiger partial charge is 0.0953 e. The standard InChI is InChI=1S/C11H15N/c1-7-5-8(2)10(4)11(6-12)9(7)3/h5,7,9H,1-4H3. The zero-order chi connectivity index (χ0) is 9.30. The van der Waals surface area contributed by atoms with Gasteiger partial charge in [0.25, 0.3) is 0 Å². The van der Waals surface area contributed by atoms with Crippen molar-refractivity contribution in [2.45, 2.75) is 27.7 Å². The van der Waals surface area contributed by atoms with Gasteiger partial charge in [0.05, 0.1) is 6.07 Å². The fourth-order valence-corrected chi connectivity index (χ4v) is 1.67. The Morgan fingerprint density at radius 2 is 1.92 bits per heavy atom. The fourth-order valence-electron chi connectivity index (χ4n) is 1.67. The van der Waals surface area contributed by atoms with Crippen molar-refractivity contribution in [3.05, 3.63) is 22.8 Å². The summed E-state index contributed by atoms with van der Waals surface area (Å²) in [7, 11) is 0. The average Bonchev–Trinajstić information content (AvgIpc) is 2.02. The Morgan fingerprint density at radius 3 is 2.42 bits per heavy atom. The molecule has 1 rings (SSSR count). The SMILES string of the molecule is CC1=CC(C)C(C)C(C#N)=C1C. The van der Waals surface area contributed by atoms with Crippen LogP contribution in [-0.4, -0.2) is 0 Å². The van der Waals surface area contributed by atoms with Crippen molar-refractivity contribution in [2.75, 3.05) is 0 Å². The summed E-state index contributed by atoms with van der Waals surface area (Å²) in [5, 5.41) is 8.93. The van der Waals surface area contributed by atoms with Gasteiger partial charge >= 0.3 is 0 Å². The number of hydrogen-bond acceptors (Lipinski definition) is 1. The second kappa shape index (κ2) is 3.15. The van der Waals surface area contributed by atoms with Crippen LogP contribution in [-0.2, 0) is 0 Å². The third kappa shape index (κ3) is 1.30. The van der Waals surface area contributed by atoms with Crippen molar-refractivity contribution in [1.82, 2.24) is 0 Å². The molecule has 0 spiro atoms. The Balaban J connectivity index is 3.14. The van der Waals surface area contributed by atoms with E-state index in [1.54, 1.807) is 0 Å². The van der Waals surface area contributed by atoms with Crippen LogP contribution in [0.15, 0.2) is 22.8 Å². The second-order valence-electron chi connectivity index (χ2n) is 3.65. The van der Waals surface area contributed by atoms with E-state index in [-0.39, 0.29) is 0 Å². The average molecular weight is 161 g/mol. The molecule has 0 saturated carbocycles. The quantitative estimate of drug-likeness (QED) is 0.535. The van der Waals surface area contributed by atoms with Crippen molar-refractivity contribution >= 4 is 0 Å². The highest BCUT2D eigenvalue weighted by atomic mass is 14.3. The lowest BCUT2D eigenvalue weighted by Crippen LogP contribution is -2.14. The summed E-state index contributed by atoms with van der Waals surface area (Å²) in [5.41, 5.74) is 3.39. The van der Waals surface area contributed by atoms with Crippen LogP contribution >= 0.6 is 0 Å². The molecule has 0 aromatic carbocycles. The first-order valence-electron chi connectivity index (χ1n) is 4.37. The third-order valence-corrected chi connectivity index (χ3v) is 2.87. The minimum absolute atomic E-state index is 0.388. The molecule has 1 nitrogen and oxygen atoms in total. The molecule has 0 aromatic rings. The van der Waals surface area contributed by atoms with E-state index in [1.807, 2.05) is 6.92 Å². The normalized spacial score (nSPS) is 29.8. The molecule has 0 N–H and O–H groups in total. The van der Waals surface area contributed by atoms with Gasteiger partial charge in [-0.3, -0.25) is 0 Å². The zero-order valence-electron chi connectivity index (χ0n) is 8.18. The molecule has 12 heavy (non-hydrogen) atoms. The maximum absolute atomic E-state index is 8.93. The summed E-state index contributed by atoms with van der Waals surface area (Å²) >= 11 is 0. The van der Waals surface area contributed by atoms with E-state index in [4.69, 9.17) is 5.26 Å². The predicted octanol–water partition coefficient (Wildman–Crippen LogP) is 3.06. The number of nitriles is 1. The van der Waals surface area contributed by atoms with Gasteiger partial charge in [-0.15, -0.1) is 0 Å². The third-order valence-electron chi connectivity index (χ3n) is 2.87. The van der Waals surface area contributed by atoms with Gasteiger partial charge in [0.15, 0.2) is 0 Å². The minimum Gasteiger partial charge on any atom is -0.193 e. The monoisotopic (exact) mass is 161 g/mol. The highest BCUT2D eigenvalue weighted by Gasteiger charge is 2.21. The first kappa shape index (κ1) is 9.06. The molecule has 1 heteroatoms. The van der Waals surface area contributed by atoms with Crippen molar-refractivity contribution in [2.24, 2.45) is 11.8 Å².